The summed E-state index contributed by atoms with van der Waals surface area (Å²) in [5, 5.41) is 8.33. The van der Waals surface area contributed by atoms with E-state index in [1.165, 1.54) is 0 Å². The molecule has 0 N–H and O–H groups in total. The van der Waals surface area contributed by atoms with E-state index in [4.69, 9.17) is 4.74 Å². The summed E-state index contributed by atoms with van der Waals surface area (Å²) in [7, 11) is 1.97. The van der Waals surface area contributed by atoms with E-state index >= 15 is 0 Å². The summed E-state index contributed by atoms with van der Waals surface area (Å²) in [4.78, 5) is 14.7. The molecule has 0 aliphatic carbocycles. The highest BCUT2D eigenvalue weighted by Crippen LogP contribution is 2.16. The van der Waals surface area contributed by atoms with Crippen molar-refractivity contribution in [2.75, 3.05) is 19.8 Å². The molecule has 3 rings (SSSR count). The molecule has 0 spiro atoms. The topological polar surface area (TPSA) is 60.2 Å². The van der Waals surface area contributed by atoms with Crippen molar-refractivity contribution in [2.24, 2.45) is 7.05 Å². The van der Waals surface area contributed by atoms with E-state index in [0.717, 1.165) is 23.8 Å². The first kappa shape index (κ1) is 15.8. The second-order valence-electron chi connectivity index (χ2n) is 5.91. The van der Waals surface area contributed by atoms with E-state index in [2.05, 4.69) is 15.1 Å². The van der Waals surface area contributed by atoms with Crippen molar-refractivity contribution in [1.29, 1.82) is 0 Å². The van der Waals surface area contributed by atoms with Crippen LogP contribution in [0.15, 0.2) is 30.3 Å². The summed E-state index contributed by atoms with van der Waals surface area (Å²) < 4.78 is 7.58. The number of aryl methyl sites for hydroxylation is 1. The lowest BCUT2D eigenvalue weighted by atomic mass is 10.0. The molecule has 1 aliphatic rings. The lowest BCUT2D eigenvalue weighted by molar-refractivity contribution is -0.0140. The highest BCUT2D eigenvalue weighted by Gasteiger charge is 2.27. The Bertz CT molecular complexity index is 668. The number of rotatable bonds is 5. The molecular weight excluding hydrogens is 292 g/mol. The average Bonchev–Trinajstić information content (AvgIpc) is 2.89. The van der Waals surface area contributed by atoms with Crippen LogP contribution in [-0.4, -0.2) is 51.2 Å². The van der Waals surface area contributed by atoms with Crippen LogP contribution in [0.5, 0.6) is 0 Å². The summed E-state index contributed by atoms with van der Waals surface area (Å²) in [6, 6.07) is 9.51. The molecule has 1 saturated heterocycles. The Labute approximate surface area is 136 Å². The second kappa shape index (κ2) is 7.02. The number of ketones is 1. The molecule has 1 aromatic heterocycles. The summed E-state index contributed by atoms with van der Waals surface area (Å²) >= 11 is 0. The number of carbonyl (C=O) groups is 1. The van der Waals surface area contributed by atoms with E-state index in [0.29, 0.717) is 26.2 Å². The van der Waals surface area contributed by atoms with Gasteiger partial charge in [0.15, 0.2) is 5.78 Å². The van der Waals surface area contributed by atoms with Crippen LogP contribution in [0.4, 0.5) is 0 Å². The number of aromatic nitrogens is 3. The van der Waals surface area contributed by atoms with Gasteiger partial charge in [-0.05, 0) is 6.92 Å². The third-order valence-electron chi connectivity index (χ3n) is 4.39. The lowest BCUT2D eigenvalue weighted by Gasteiger charge is -2.34. The van der Waals surface area contributed by atoms with Crippen molar-refractivity contribution in [2.45, 2.75) is 25.9 Å². The second-order valence-corrected chi connectivity index (χ2v) is 5.91. The maximum Gasteiger partial charge on any atom is 0.164 e. The minimum absolute atomic E-state index is 0.0773. The maximum absolute atomic E-state index is 12.5. The van der Waals surface area contributed by atoms with Gasteiger partial charge in [0.1, 0.15) is 11.6 Å². The third-order valence-corrected chi connectivity index (χ3v) is 4.39. The SMILES string of the molecule is Cc1nnc(CN2CCOC[C@H]2CC(=O)c2ccccc2)n1C. The number of hydrogen-bond donors (Lipinski definition) is 0. The lowest BCUT2D eigenvalue weighted by Crippen LogP contribution is -2.46. The molecule has 122 valence electrons. The van der Waals surface area contributed by atoms with Gasteiger partial charge in [-0.1, -0.05) is 30.3 Å². The Morgan fingerprint density at radius 2 is 2.09 bits per heavy atom. The van der Waals surface area contributed by atoms with Crippen molar-refractivity contribution in [1.82, 2.24) is 19.7 Å². The molecule has 1 fully saturated rings. The highest BCUT2D eigenvalue weighted by molar-refractivity contribution is 5.96. The Morgan fingerprint density at radius 3 is 2.78 bits per heavy atom. The molecule has 2 heterocycles. The molecule has 0 amide bonds. The van der Waals surface area contributed by atoms with Gasteiger partial charge in [-0.2, -0.15) is 0 Å². The van der Waals surface area contributed by atoms with E-state index in [1.807, 2.05) is 48.9 Å². The van der Waals surface area contributed by atoms with Crippen LogP contribution in [0.2, 0.25) is 0 Å². The summed E-state index contributed by atoms with van der Waals surface area (Å²) in [6.07, 6.45) is 0.459. The van der Waals surface area contributed by atoms with E-state index in [9.17, 15) is 4.79 Å². The first-order chi connectivity index (χ1) is 11.1. The maximum atomic E-state index is 12.5. The molecule has 0 unspecified atom stereocenters. The smallest absolute Gasteiger partial charge is 0.164 e. The minimum Gasteiger partial charge on any atom is -0.378 e. The van der Waals surface area contributed by atoms with Gasteiger partial charge in [0, 0.05) is 31.6 Å². The first-order valence-electron chi connectivity index (χ1n) is 7.90. The Morgan fingerprint density at radius 1 is 1.30 bits per heavy atom. The molecule has 1 aliphatic heterocycles. The number of ether oxygens (including phenoxy) is 1. The molecular formula is C17H22N4O2. The van der Waals surface area contributed by atoms with E-state index in [1.54, 1.807) is 0 Å². The fourth-order valence-corrected chi connectivity index (χ4v) is 2.81. The molecule has 2 aromatic rings. The largest absolute Gasteiger partial charge is 0.378 e. The van der Waals surface area contributed by atoms with Crippen LogP contribution < -0.4 is 0 Å². The standard InChI is InChI=1S/C17H22N4O2/c1-13-18-19-17(20(13)2)11-21-8-9-23-12-15(21)10-16(22)14-6-4-3-5-7-14/h3-7,15H,8-12H2,1-2H3/t15-/m1/s1. The van der Waals surface area contributed by atoms with Crippen LogP contribution in [0.1, 0.15) is 28.4 Å². The van der Waals surface area contributed by atoms with Crippen LogP contribution >= 0.6 is 0 Å². The van der Waals surface area contributed by atoms with E-state index < -0.39 is 0 Å². The normalized spacial score (nSPS) is 19.0. The number of carbonyl (C=O) groups excluding carboxylic acids is 1. The molecule has 6 nitrogen and oxygen atoms in total. The molecule has 1 aromatic carbocycles. The van der Waals surface area contributed by atoms with Crippen LogP contribution in [0.25, 0.3) is 0 Å². The zero-order chi connectivity index (χ0) is 16.2. The monoisotopic (exact) mass is 314 g/mol. The fourth-order valence-electron chi connectivity index (χ4n) is 2.81. The van der Waals surface area contributed by atoms with Gasteiger partial charge in [0.05, 0.1) is 19.8 Å². The minimum atomic E-state index is 0.0773. The Balaban J connectivity index is 1.69. The third kappa shape index (κ3) is 3.65. The molecule has 0 saturated carbocycles. The highest BCUT2D eigenvalue weighted by atomic mass is 16.5. The molecule has 6 heteroatoms. The van der Waals surface area contributed by atoms with Crippen molar-refractivity contribution in [3.05, 3.63) is 47.5 Å². The Hall–Kier alpha value is -2.05. The Kier molecular flexibility index (Phi) is 4.83. The van der Waals surface area contributed by atoms with Crippen LogP contribution in [0.3, 0.4) is 0 Å². The molecule has 1 atom stereocenters. The number of morpholine rings is 1. The van der Waals surface area contributed by atoms with Gasteiger partial charge < -0.3 is 9.30 Å². The number of Topliss-reactive ketones (excluding diaryl/α,β-unsaturated/α-hetero) is 1. The predicted octanol–water partition coefficient (Wildman–Crippen LogP) is 1.60. The van der Waals surface area contributed by atoms with Gasteiger partial charge in [-0.15, -0.1) is 10.2 Å². The average molecular weight is 314 g/mol. The number of benzene rings is 1. The zero-order valence-electron chi connectivity index (χ0n) is 13.6. The van der Waals surface area contributed by atoms with Gasteiger partial charge >= 0.3 is 0 Å². The first-order valence-corrected chi connectivity index (χ1v) is 7.90. The predicted molar refractivity (Wildman–Crippen MR) is 86.1 cm³/mol. The number of hydrogen-bond acceptors (Lipinski definition) is 5. The molecule has 0 radical (unpaired) electrons. The van der Waals surface area contributed by atoms with Gasteiger partial charge in [0.25, 0.3) is 0 Å². The van der Waals surface area contributed by atoms with Gasteiger partial charge in [0.2, 0.25) is 0 Å². The quantitative estimate of drug-likeness (QED) is 0.785. The summed E-state index contributed by atoms with van der Waals surface area (Å²) in [5.41, 5.74) is 0.757. The summed E-state index contributed by atoms with van der Waals surface area (Å²) in [5.74, 6) is 1.96. The van der Waals surface area contributed by atoms with Crippen molar-refractivity contribution in [3.63, 3.8) is 0 Å². The van der Waals surface area contributed by atoms with Crippen LogP contribution in [0, 0.1) is 6.92 Å². The van der Waals surface area contributed by atoms with Crippen molar-refractivity contribution >= 4 is 5.78 Å². The number of nitrogens with zero attached hydrogens (tertiary/aromatic N) is 4. The van der Waals surface area contributed by atoms with Gasteiger partial charge in [-0.25, -0.2) is 0 Å². The summed E-state index contributed by atoms with van der Waals surface area (Å²) in [6.45, 7) is 4.70. The van der Waals surface area contributed by atoms with Gasteiger partial charge in [-0.3, -0.25) is 9.69 Å². The molecule has 0 bridgehead atoms. The van der Waals surface area contributed by atoms with Crippen LogP contribution in [-0.2, 0) is 18.3 Å². The zero-order valence-corrected chi connectivity index (χ0v) is 13.6. The molecule has 23 heavy (non-hydrogen) atoms. The van der Waals surface area contributed by atoms with Crippen molar-refractivity contribution < 1.29 is 9.53 Å². The van der Waals surface area contributed by atoms with E-state index in [-0.39, 0.29) is 11.8 Å². The fraction of sp³-hybridized carbons (Fsp3) is 0.471. The van der Waals surface area contributed by atoms with Crippen molar-refractivity contribution in [3.8, 4) is 0 Å².